The highest BCUT2D eigenvalue weighted by molar-refractivity contribution is 5.37. The van der Waals surface area contributed by atoms with Crippen molar-refractivity contribution in [2.75, 3.05) is 0 Å². The molecule has 1 aromatic heterocycles. The van der Waals surface area contributed by atoms with E-state index in [1.165, 1.54) is 0 Å². The molecule has 0 bridgehead atoms. The van der Waals surface area contributed by atoms with Gasteiger partial charge in [0, 0.05) is 0 Å². The molecule has 0 amide bonds. The third kappa shape index (κ3) is 1.82. The zero-order chi connectivity index (χ0) is 9.19. The van der Waals surface area contributed by atoms with Gasteiger partial charge in [0.1, 0.15) is 6.20 Å². The van der Waals surface area contributed by atoms with Crippen LogP contribution in [0.15, 0.2) is 18.3 Å². The Labute approximate surface area is 73.1 Å². The molecule has 0 fully saturated rings. The first-order chi connectivity index (χ1) is 5.54. The minimum absolute atomic E-state index is 0.119. The summed E-state index contributed by atoms with van der Waals surface area (Å²) in [5.41, 5.74) is 1.28. The minimum atomic E-state index is 0.119. The molecule has 0 saturated carbocycles. The van der Waals surface area contributed by atoms with E-state index < -0.39 is 0 Å². The van der Waals surface area contributed by atoms with Crippen LogP contribution < -0.4 is 0 Å². The van der Waals surface area contributed by atoms with Gasteiger partial charge < -0.3 is 4.85 Å². The second kappa shape index (κ2) is 2.94. The van der Waals surface area contributed by atoms with E-state index >= 15 is 0 Å². The molecule has 0 unspecified atom stereocenters. The molecular formula is C10H12N2. The van der Waals surface area contributed by atoms with Gasteiger partial charge >= 0.3 is 0 Å². The van der Waals surface area contributed by atoms with Crippen LogP contribution in [0.3, 0.4) is 0 Å². The van der Waals surface area contributed by atoms with Crippen molar-refractivity contribution in [1.29, 1.82) is 0 Å². The summed E-state index contributed by atoms with van der Waals surface area (Å²) in [6.45, 7) is 13.1. The Balaban J connectivity index is 3.02. The van der Waals surface area contributed by atoms with Gasteiger partial charge in [-0.05, 0) is 17.0 Å². The van der Waals surface area contributed by atoms with E-state index in [0.29, 0.717) is 5.82 Å². The molecule has 0 aliphatic heterocycles. The van der Waals surface area contributed by atoms with Gasteiger partial charge in [-0.3, -0.25) is 0 Å². The van der Waals surface area contributed by atoms with Gasteiger partial charge in [0.05, 0.1) is 0 Å². The highest BCUT2D eigenvalue weighted by Gasteiger charge is 2.14. The van der Waals surface area contributed by atoms with Gasteiger partial charge in [0.25, 0.3) is 5.82 Å². The predicted octanol–water partition coefficient (Wildman–Crippen LogP) is 2.93. The van der Waals surface area contributed by atoms with Crippen LogP contribution in [0.2, 0.25) is 0 Å². The zero-order valence-corrected chi connectivity index (χ0v) is 7.63. The number of pyridine rings is 1. The molecule has 0 aliphatic rings. The second-order valence-corrected chi connectivity index (χ2v) is 3.77. The van der Waals surface area contributed by atoms with Gasteiger partial charge in [0.15, 0.2) is 0 Å². The largest absolute Gasteiger partial charge is 0.361 e. The monoisotopic (exact) mass is 160 g/mol. The number of aromatic nitrogens is 1. The molecule has 1 heterocycles. The molecule has 0 saturated heterocycles. The number of rotatable bonds is 0. The molecule has 1 aromatic rings. The van der Waals surface area contributed by atoms with E-state index in [1.807, 2.05) is 6.07 Å². The van der Waals surface area contributed by atoms with Gasteiger partial charge in [0.2, 0.25) is 0 Å². The van der Waals surface area contributed by atoms with E-state index in [9.17, 15) is 0 Å². The average molecular weight is 160 g/mol. The van der Waals surface area contributed by atoms with Crippen LogP contribution in [-0.4, -0.2) is 4.98 Å². The van der Waals surface area contributed by atoms with Crippen molar-refractivity contribution in [3.63, 3.8) is 0 Å². The molecule has 2 nitrogen and oxygen atoms in total. The lowest BCUT2D eigenvalue weighted by atomic mass is 9.88. The summed E-state index contributed by atoms with van der Waals surface area (Å²) in [5, 5.41) is 0. The first-order valence-corrected chi connectivity index (χ1v) is 3.88. The lowest BCUT2D eigenvalue weighted by molar-refractivity contribution is 0.588. The molecule has 62 valence electrons. The van der Waals surface area contributed by atoms with Crippen molar-refractivity contribution in [2.45, 2.75) is 26.2 Å². The molecular weight excluding hydrogens is 148 g/mol. The van der Waals surface area contributed by atoms with Crippen LogP contribution in [-0.2, 0) is 5.41 Å². The van der Waals surface area contributed by atoms with E-state index in [1.54, 1.807) is 12.3 Å². The third-order valence-electron chi connectivity index (χ3n) is 1.73. The zero-order valence-electron chi connectivity index (χ0n) is 7.63. The highest BCUT2D eigenvalue weighted by Crippen LogP contribution is 2.22. The Morgan fingerprint density at radius 2 is 2.00 bits per heavy atom. The van der Waals surface area contributed by atoms with E-state index in [2.05, 4.69) is 30.6 Å². The second-order valence-electron chi connectivity index (χ2n) is 3.77. The van der Waals surface area contributed by atoms with Crippen molar-refractivity contribution in [2.24, 2.45) is 0 Å². The maximum Gasteiger partial charge on any atom is 0.269 e. The summed E-state index contributed by atoms with van der Waals surface area (Å²) >= 11 is 0. The van der Waals surface area contributed by atoms with E-state index in [-0.39, 0.29) is 5.41 Å². The summed E-state index contributed by atoms with van der Waals surface area (Å²) in [5.74, 6) is 0.461. The maximum absolute atomic E-state index is 6.73. The third-order valence-corrected chi connectivity index (χ3v) is 1.73. The quantitative estimate of drug-likeness (QED) is 0.533. The molecule has 1 rings (SSSR count). The molecule has 0 atom stereocenters. The summed E-state index contributed by atoms with van der Waals surface area (Å²) in [4.78, 5) is 7.24. The minimum Gasteiger partial charge on any atom is -0.361 e. The van der Waals surface area contributed by atoms with Crippen LogP contribution in [0.5, 0.6) is 0 Å². The lowest BCUT2D eigenvalue weighted by Gasteiger charge is -2.16. The summed E-state index contributed by atoms with van der Waals surface area (Å²) in [7, 11) is 0. The topological polar surface area (TPSA) is 17.2 Å². The molecule has 12 heavy (non-hydrogen) atoms. The fraction of sp³-hybridized carbons (Fsp3) is 0.400. The number of hydrogen-bond acceptors (Lipinski definition) is 1. The molecule has 0 N–H and O–H groups in total. The SMILES string of the molecule is [C-]#[N+]c1ccc(C(C)(C)C)cn1. The molecule has 0 aliphatic carbocycles. The van der Waals surface area contributed by atoms with Crippen LogP contribution in [0.1, 0.15) is 26.3 Å². The highest BCUT2D eigenvalue weighted by atomic mass is 14.8. The van der Waals surface area contributed by atoms with Crippen molar-refractivity contribution < 1.29 is 0 Å². The summed E-state index contributed by atoms with van der Waals surface area (Å²) in [6.07, 6.45) is 1.77. The predicted molar refractivity (Wildman–Crippen MR) is 49.2 cm³/mol. The summed E-state index contributed by atoms with van der Waals surface area (Å²) in [6, 6.07) is 3.72. The molecule has 0 aromatic carbocycles. The lowest BCUT2D eigenvalue weighted by Crippen LogP contribution is -2.10. The van der Waals surface area contributed by atoms with Crippen molar-refractivity contribution in [1.82, 2.24) is 4.98 Å². The Morgan fingerprint density at radius 3 is 2.33 bits per heavy atom. The fourth-order valence-corrected chi connectivity index (χ4v) is 0.896. The standard InChI is InChI=1S/C10H12N2/c1-10(2,3)8-5-6-9(11-4)12-7-8/h5-7H,1-3H3. The Kier molecular flexibility index (Phi) is 2.14. The van der Waals surface area contributed by atoms with Crippen LogP contribution in [0.25, 0.3) is 4.85 Å². The van der Waals surface area contributed by atoms with Crippen LogP contribution in [0, 0.1) is 6.57 Å². The smallest absolute Gasteiger partial charge is 0.269 e. The molecule has 0 spiro atoms. The Morgan fingerprint density at radius 1 is 1.33 bits per heavy atom. The summed E-state index contributed by atoms with van der Waals surface area (Å²) < 4.78 is 0. The number of nitrogens with zero attached hydrogens (tertiary/aromatic N) is 2. The fourth-order valence-electron chi connectivity index (χ4n) is 0.896. The average Bonchev–Trinajstić information content (AvgIpc) is 2.03. The maximum atomic E-state index is 6.73. The Hall–Kier alpha value is -1.36. The van der Waals surface area contributed by atoms with Crippen molar-refractivity contribution >= 4 is 5.82 Å². The first-order valence-electron chi connectivity index (χ1n) is 3.88. The van der Waals surface area contributed by atoms with E-state index in [0.717, 1.165) is 5.56 Å². The van der Waals surface area contributed by atoms with Gasteiger partial charge in [-0.1, -0.05) is 33.4 Å². The molecule has 2 heteroatoms. The van der Waals surface area contributed by atoms with Gasteiger partial charge in [-0.2, -0.15) is 0 Å². The van der Waals surface area contributed by atoms with E-state index in [4.69, 9.17) is 6.57 Å². The van der Waals surface area contributed by atoms with Gasteiger partial charge in [-0.25, -0.2) is 0 Å². The van der Waals surface area contributed by atoms with Crippen molar-refractivity contribution in [3.8, 4) is 0 Å². The van der Waals surface area contributed by atoms with Gasteiger partial charge in [-0.15, -0.1) is 4.98 Å². The van der Waals surface area contributed by atoms with Crippen LogP contribution in [0.4, 0.5) is 5.82 Å². The van der Waals surface area contributed by atoms with Crippen LogP contribution >= 0.6 is 0 Å². The van der Waals surface area contributed by atoms with Crippen molar-refractivity contribution in [3.05, 3.63) is 35.3 Å². The first kappa shape index (κ1) is 8.73. The normalized spacial score (nSPS) is 10.8. The number of hydrogen-bond donors (Lipinski definition) is 0. The Bertz CT molecular complexity index is 298. The molecule has 0 radical (unpaired) electrons.